The van der Waals surface area contributed by atoms with Gasteiger partial charge in [-0.25, -0.2) is 9.59 Å². The Hall–Kier alpha value is -2.10. The molecular formula is C12H12O4. The maximum Gasteiger partial charge on any atom is 0.335 e. The number of hydrogen-bond acceptors (Lipinski definition) is 3. The fourth-order valence-electron chi connectivity index (χ4n) is 1.19. The molecule has 0 unspecified atom stereocenters. The zero-order valence-electron chi connectivity index (χ0n) is 9.06. The maximum absolute atomic E-state index is 11.1. The van der Waals surface area contributed by atoms with Gasteiger partial charge in [0, 0.05) is 5.57 Å². The highest BCUT2D eigenvalue weighted by molar-refractivity contribution is 5.93. The Morgan fingerprint density at radius 2 is 1.81 bits per heavy atom. The van der Waals surface area contributed by atoms with E-state index in [9.17, 15) is 9.59 Å². The van der Waals surface area contributed by atoms with Crippen LogP contribution >= 0.6 is 0 Å². The lowest BCUT2D eigenvalue weighted by molar-refractivity contribution is -0.135. The number of hydrogen-bond donors (Lipinski definition) is 1. The van der Waals surface area contributed by atoms with E-state index in [0.717, 1.165) is 5.56 Å². The van der Waals surface area contributed by atoms with E-state index in [1.54, 1.807) is 25.1 Å². The topological polar surface area (TPSA) is 63.6 Å². The SMILES string of the molecule is COC(=O)C(C)=Cc1ccc(C(=O)O)cc1. The van der Waals surface area contributed by atoms with Crippen molar-refractivity contribution in [1.29, 1.82) is 0 Å². The Bertz CT molecular complexity index is 429. The lowest BCUT2D eigenvalue weighted by Gasteiger charge is -1.99. The molecule has 1 aromatic carbocycles. The number of carboxylic acid groups (broad SMARTS) is 1. The van der Waals surface area contributed by atoms with Crippen molar-refractivity contribution in [2.75, 3.05) is 7.11 Å². The van der Waals surface area contributed by atoms with Gasteiger partial charge in [-0.05, 0) is 30.7 Å². The molecule has 0 aliphatic rings. The third-order valence-electron chi connectivity index (χ3n) is 2.05. The number of benzene rings is 1. The van der Waals surface area contributed by atoms with Gasteiger partial charge in [-0.1, -0.05) is 12.1 Å². The van der Waals surface area contributed by atoms with Crippen LogP contribution in [-0.4, -0.2) is 24.2 Å². The van der Waals surface area contributed by atoms with Gasteiger partial charge in [0.25, 0.3) is 0 Å². The van der Waals surface area contributed by atoms with Crippen LogP contribution in [0, 0.1) is 0 Å². The second-order valence-corrected chi connectivity index (χ2v) is 3.25. The molecule has 84 valence electrons. The Kier molecular flexibility index (Phi) is 3.83. The molecule has 0 heterocycles. The van der Waals surface area contributed by atoms with Gasteiger partial charge >= 0.3 is 11.9 Å². The normalized spacial score (nSPS) is 11.0. The van der Waals surface area contributed by atoms with E-state index in [1.807, 2.05) is 0 Å². The fourth-order valence-corrected chi connectivity index (χ4v) is 1.19. The Balaban J connectivity index is 2.91. The van der Waals surface area contributed by atoms with Crippen molar-refractivity contribution in [3.8, 4) is 0 Å². The van der Waals surface area contributed by atoms with Gasteiger partial charge < -0.3 is 9.84 Å². The van der Waals surface area contributed by atoms with E-state index in [0.29, 0.717) is 5.57 Å². The van der Waals surface area contributed by atoms with Crippen LogP contribution in [0.15, 0.2) is 29.8 Å². The second-order valence-electron chi connectivity index (χ2n) is 3.25. The quantitative estimate of drug-likeness (QED) is 0.624. The number of rotatable bonds is 3. The average molecular weight is 220 g/mol. The average Bonchev–Trinajstić information content (AvgIpc) is 2.28. The van der Waals surface area contributed by atoms with Crippen molar-refractivity contribution < 1.29 is 19.4 Å². The molecule has 0 aliphatic heterocycles. The predicted molar refractivity (Wildman–Crippen MR) is 59.1 cm³/mol. The minimum absolute atomic E-state index is 0.216. The van der Waals surface area contributed by atoms with Gasteiger partial charge in [0.05, 0.1) is 12.7 Å². The third-order valence-corrected chi connectivity index (χ3v) is 2.05. The van der Waals surface area contributed by atoms with Crippen molar-refractivity contribution in [3.05, 3.63) is 41.0 Å². The molecule has 4 nitrogen and oxygen atoms in total. The maximum atomic E-state index is 11.1. The number of carboxylic acids is 1. The first-order valence-electron chi connectivity index (χ1n) is 4.64. The van der Waals surface area contributed by atoms with Crippen molar-refractivity contribution in [3.63, 3.8) is 0 Å². The van der Waals surface area contributed by atoms with Crippen molar-refractivity contribution in [2.45, 2.75) is 6.92 Å². The lowest BCUT2D eigenvalue weighted by Crippen LogP contribution is -2.01. The zero-order chi connectivity index (χ0) is 12.1. The number of carbonyl (C=O) groups is 2. The number of esters is 1. The van der Waals surface area contributed by atoms with Crippen LogP contribution in [0.3, 0.4) is 0 Å². The number of aromatic carboxylic acids is 1. The molecule has 0 aliphatic carbocycles. The van der Waals surface area contributed by atoms with Crippen LogP contribution in [-0.2, 0) is 9.53 Å². The highest BCUT2D eigenvalue weighted by Crippen LogP contribution is 2.09. The van der Waals surface area contributed by atoms with Crippen molar-refractivity contribution >= 4 is 18.0 Å². The summed E-state index contributed by atoms with van der Waals surface area (Å²) in [4.78, 5) is 21.7. The van der Waals surface area contributed by atoms with Gasteiger partial charge in [0.2, 0.25) is 0 Å². The minimum atomic E-state index is -0.972. The highest BCUT2D eigenvalue weighted by atomic mass is 16.5. The molecule has 0 bridgehead atoms. The Labute approximate surface area is 93.2 Å². The summed E-state index contributed by atoms with van der Waals surface area (Å²) in [6.45, 7) is 1.64. The summed E-state index contributed by atoms with van der Waals surface area (Å²) < 4.78 is 4.54. The Morgan fingerprint density at radius 3 is 2.25 bits per heavy atom. The molecule has 0 radical (unpaired) electrons. The monoisotopic (exact) mass is 220 g/mol. The van der Waals surface area contributed by atoms with E-state index in [-0.39, 0.29) is 5.56 Å². The van der Waals surface area contributed by atoms with Crippen molar-refractivity contribution in [1.82, 2.24) is 0 Å². The summed E-state index contributed by atoms with van der Waals surface area (Å²) in [5.41, 5.74) is 1.44. The van der Waals surface area contributed by atoms with E-state index in [1.165, 1.54) is 19.2 Å². The molecular weight excluding hydrogens is 208 g/mol. The molecule has 1 N–H and O–H groups in total. The van der Waals surface area contributed by atoms with E-state index in [4.69, 9.17) is 5.11 Å². The van der Waals surface area contributed by atoms with Crippen LogP contribution in [0.5, 0.6) is 0 Å². The predicted octanol–water partition coefficient (Wildman–Crippen LogP) is 1.96. The summed E-state index contributed by atoms with van der Waals surface area (Å²) in [6, 6.07) is 6.24. The molecule has 0 spiro atoms. The summed E-state index contributed by atoms with van der Waals surface area (Å²) in [7, 11) is 1.31. The molecule has 0 aromatic heterocycles. The van der Waals surface area contributed by atoms with Gasteiger partial charge in [0.1, 0.15) is 0 Å². The highest BCUT2D eigenvalue weighted by Gasteiger charge is 2.04. The van der Waals surface area contributed by atoms with Crippen LogP contribution in [0.1, 0.15) is 22.8 Å². The molecule has 0 atom stereocenters. The fraction of sp³-hybridized carbons (Fsp3) is 0.167. The molecule has 0 fully saturated rings. The molecule has 4 heteroatoms. The first kappa shape index (κ1) is 12.0. The minimum Gasteiger partial charge on any atom is -0.478 e. The molecule has 0 saturated heterocycles. The largest absolute Gasteiger partial charge is 0.478 e. The number of carbonyl (C=O) groups excluding carboxylic acids is 1. The smallest absolute Gasteiger partial charge is 0.335 e. The summed E-state index contributed by atoms with van der Waals surface area (Å²) >= 11 is 0. The summed E-state index contributed by atoms with van der Waals surface area (Å²) in [6.07, 6.45) is 1.64. The second kappa shape index (κ2) is 5.11. The van der Waals surface area contributed by atoms with E-state index >= 15 is 0 Å². The molecule has 16 heavy (non-hydrogen) atoms. The van der Waals surface area contributed by atoms with E-state index < -0.39 is 11.9 Å². The number of ether oxygens (including phenoxy) is 1. The van der Waals surface area contributed by atoms with Crippen LogP contribution in [0.4, 0.5) is 0 Å². The zero-order valence-corrected chi connectivity index (χ0v) is 9.06. The van der Waals surface area contributed by atoms with Gasteiger partial charge in [-0.3, -0.25) is 0 Å². The van der Waals surface area contributed by atoms with Crippen LogP contribution < -0.4 is 0 Å². The first-order valence-corrected chi connectivity index (χ1v) is 4.64. The third kappa shape index (κ3) is 2.95. The van der Waals surface area contributed by atoms with Gasteiger partial charge in [-0.2, -0.15) is 0 Å². The standard InChI is InChI=1S/C12H12O4/c1-8(12(15)16-2)7-9-3-5-10(6-4-9)11(13)14/h3-7H,1-2H3,(H,13,14). The summed E-state index contributed by atoms with van der Waals surface area (Å²) in [5, 5.41) is 8.69. The molecule has 1 aromatic rings. The van der Waals surface area contributed by atoms with Gasteiger partial charge in [-0.15, -0.1) is 0 Å². The van der Waals surface area contributed by atoms with Crippen molar-refractivity contribution in [2.24, 2.45) is 0 Å². The molecule has 0 amide bonds. The van der Waals surface area contributed by atoms with Crippen LogP contribution in [0.2, 0.25) is 0 Å². The molecule has 1 rings (SSSR count). The van der Waals surface area contributed by atoms with Crippen LogP contribution in [0.25, 0.3) is 6.08 Å². The summed E-state index contributed by atoms with van der Waals surface area (Å²) in [5.74, 6) is -1.37. The van der Waals surface area contributed by atoms with Gasteiger partial charge in [0.15, 0.2) is 0 Å². The van der Waals surface area contributed by atoms with E-state index in [2.05, 4.69) is 4.74 Å². The molecule has 0 saturated carbocycles. The lowest BCUT2D eigenvalue weighted by atomic mass is 10.1. The Morgan fingerprint density at radius 1 is 1.25 bits per heavy atom. The first-order chi connectivity index (χ1) is 7.54. The number of methoxy groups -OCH3 is 1.